The van der Waals surface area contributed by atoms with Gasteiger partial charge in [-0.15, -0.1) is 0 Å². The average molecular weight is 263 g/mol. The highest BCUT2D eigenvalue weighted by atomic mass is 16.5. The van der Waals surface area contributed by atoms with E-state index in [-0.39, 0.29) is 5.78 Å². The highest BCUT2D eigenvalue weighted by Gasteiger charge is 2.37. The fourth-order valence-electron chi connectivity index (χ4n) is 2.49. The molecule has 19 heavy (non-hydrogen) atoms. The van der Waals surface area contributed by atoms with Gasteiger partial charge in [0, 0.05) is 18.8 Å². The van der Waals surface area contributed by atoms with E-state index < -0.39 is 5.54 Å². The van der Waals surface area contributed by atoms with Crippen LogP contribution in [0.25, 0.3) is 0 Å². The van der Waals surface area contributed by atoms with Crippen LogP contribution >= 0.6 is 0 Å². The predicted octanol–water partition coefficient (Wildman–Crippen LogP) is 2.00. The van der Waals surface area contributed by atoms with Gasteiger partial charge in [-0.05, 0) is 49.9 Å². The van der Waals surface area contributed by atoms with Gasteiger partial charge in [0.05, 0.1) is 12.6 Å². The van der Waals surface area contributed by atoms with Gasteiger partial charge in [0.1, 0.15) is 5.75 Å². The number of carbonyl (C=O) groups excluding carboxylic acids is 1. The minimum absolute atomic E-state index is 0.0130. The molecule has 0 unspecified atom stereocenters. The maximum absolute atomic E-state index is 12.7. The third-order valence-corrected chi connectivity index (χ3v) is 3.82. The molecule has 1 fully saturated rings. The topological polar surface area (TPSA) is 61.5 Å². The van der Waals surface area contributed by atoms with Crippen molar-refractivity contribution in [1.82, 2.24) is 0 Å². The van der Waals surface area contributed by atoms with Crippen LogP contribution in [0.15, 0.2) is 12.1 Å². The van der Waals surface area contributed by atoms with E-state index in [0.29, 0.717) is 31.6 Å². The summed E-state index contributed by atoms with van der Waals surface area (Å²) in [5.74, 6) is 0.811. The lowest BCUT2D eigenvalue weighted by molar-refractivity contribution is 0.0447. The third kappa shape index (κ3) is 2.65. The second-order valence-electron chi connectivity index (χ2n) is 5.23. The first-order valence-electron chi connectivity index (χ1n) is 6.54. The van der Waals surface area contributed by atoms with Crippen LogP contribution in [0.1, 0.15) is 34.3 Å². The van der Waals surface area contributed by atoms with E-state index in [4.69, 9.17) is 15.2 Å². The van der Waals surface area contributed by atoms with Crippen molar-refractivity contribution in [2.45, 2.75) is 32.2 Å². The first kappa shape index (κ1) is 14.0. The number of hydrogen-bond acceptors (Lipinski definition) is 4. The molecule has 0 radical (unpaired) electrons. The Balaban J connectivity index is 2.36. The van der Waals surface area contributed by atoms with Crippen molar-refractivity contribution in [1.29, 1.82) is 0 Å². The second-order valence-corrected chi connectivity index (χ2v) is 5.23. The molecule has 1 saturated heterocycles. The summed E-state index contributed by atoms with van der Waals surface area (Å²) >= 11 is 0. The Labute approximate surface area is 113 Å². The first-order valence-corrected chi connectivity index (χ1v) is 6.54. The molecule has 2 N–H and O–H groups in total. The summed E-state index contributed by atoms with van der Waals surface area (Å²) in [5, 5.41) is 0. The number of benzene rings is 1. The molecule has 1 aromatic rings. The summed E-state index contributed by atoms with van der Waals surface area (Å²) in [6, 6.07) is 3.77. The summed E-state index contributed by atoms with van der Waals surface area (Å²) in [7, 11) is 1.63. The van der Waals surface area contributed by atoms with Crippen molar-refractivity contribution < 1.29 is 14.3 Å². The molecule has 0 aromatic heterocycles. The standard InChI is InChI=1S/C15H21NO3/c1-10-9-13(18-3)11(2)8-12(10)14(17)15(16)4-6-19-7-5-15/h8-9H,4-7,16H2,1-3H3. The monoisotopic (exact) mass is 263 g/mol. The molecule has 1 heterocycles. The molecule has 104 valence electrons. The lowest BCUT2D eigenvalue weighted by Gasteiger charge is -2.32. The number of ketones is 1. The summed E-state index contributed by atoms with van der Waals surface area (Å²) in [6.07, 6.45) is 1.16. The molecular weight excluding hydrogens is 242 g/mol. The molecule has 4 nitrogen and oxygen atoms in total. The normalized spacial score (nSPS) is 18.1. The van der Waals surface area contributed by atoms with Gasteiger partial charge in [0.25, 0.3) is 0 Å². The maximum atomic E-state index is 12.7. The van der Waals surface area contributed by atoms with Gasteiger partial charge < -0.3 is 15.2 Å². The van der Waals surface area contributed by atoms with Crippen LogP contribution in [0.4, 0.5) is 0 Å². The van der Waals surface area contributed by atoms with Crippen molar-refractivity contribution in [3.8, 4) is 5.75 Å². The minimum Gasteiger partial charge on any atom is -0.496 e. The zero-order chi connectivity index (χ0) is 14.0. The van der Waals surface area contributed by atoms with Gasteiger partial charge in [-0.1, -0.05) is 0 Å². The number of hydrogen-bond donors (Lipinski definition) is 1. The molecule has 0 saturated carbocycles. The number of nitrogens with two attached hydrogens (primary N) is 1. The summed E-state index contributed by atoms with van der Waals surface area (Å²) in [5.41, 5.74) is 8.03. The lowest BCUT2D eigenvalue weighted by atomic mass is 9.82. The van der Waals surface area contributed by atoms with Crippen molar-refractivity contribution >= 4 is 5.78 Å². The van der Waals surface area contributed by atoms with E-state index in [1.54, 1.807) is 7.11 Å². The molecule has 1 aliphatic rings. The highest BCUT2D eigenvalue weighted by molar-refractivity contribution is 6.04. The van der Waals surface area contributed by atoms with Crippen molar-refractivity contribution in [3.63, 3.8) is 0 Å². The molecule has 0 amide bonds. The molecule has 1 aromatic carbocycles. The van der Waals surface area contributed by atoms with Crippen molar-refractivity contribution in [3.05, 3.63) is 28.8 Å². The Hall–Kier alpha value is -1.39. The summed E-state index contributed by atoms with van der Waals surface area (Å²) in [6.45, 7) is 4.95. The first-order chi connectivity index (χ1) is 8.98. The van der Waals surface area contributed by atoms with Gasteiger partial charge in [-0.2, -0.15) is 0 Å². The fourth-order valence-corrected chi connectivity index (χ4v) is 2.49. The zero-order valence-electron chi connectivity index (χ0n) is 11.8. The third-order valence-electron chi connectivity index (χ3n) is 3.82. The van der Waals surface area contributed by atoms with Crippen LogP contribution in [0.2, 0.25) is 0 Å². The molecule has 0 spiro atoms. The van der Waals surface area contributed by atoms with Crippen LogP contribution < -0.4 is 10.5 Å². The Morgan fingerprint density at radius 1 is 1.26 bits per heavy atom. The summed E-state index contributed by atoms with van der Waals surface area (Å²) < 4.78 is 10.6. The Morgan fingerprint density at radius 3 is 2.47 bits per heavy atom. The van der Waals surface area contributed by atoms with E-state index in [1.807, 2.05) is 26.0 Å². The van der Waals surface area contributed by atoms with Crippen LogP contribution in [-0.4, -0.2) is 31.6 Å². The van der Waals surface area contributed by atoms with E-state index in [0.717, 1.165) is 16.9 Å². The van der Waals surface area contributed by atoms with E-state index in [1.165, 1.54) is 0 Å². The van der Waals surface area contributed by atoms with Gasteiger partial charge in [0.15, 0.2) is 5.78 Å². The van der Waals surface area contributed by atoms with Crippen molar-refractivity contribution in [2.24, 2.45) is 5.73 Å². The maximum Gasteiger partial charge on any atom is 0.183 e. The summed E-state index contributed by atoms with van der Waals surface area (Å²) in [4.78, 5) is 12.7. The van der Waals surface area contributed by atoms with E-state index >= 15 is 0 Å². The largest absolute Gasteiger partial charge is 0.496 e. The number of Topliss-reactive ketones (excluding diaryl/α,β-unsaturated/α-hetero) is 1. The number of rotatable bonds is 3. The van der Waals surface area contributed by atoms with Gasteiger partial charge in [-0.3, -0.25) is 4.79 Å². The Morgan fingerprint density at radius 2 is 1.89 bits per heavy atom. The van der Waals surface area contributed by atoms with Gasteiger partial charge >= 0.3 is 0 Å². The molecule has 0 bridgehead atoms. The molecule has 0 atom stereocenters. The van der Waals surface area contributed by atoms with Crippen LogP contribution in [0, 0.1) is 13.8 Å². The number of methoxy groups -OCH3 is 1. The van der Waals surface area contributed by atoms with Crippen molar-refractivity contribution in [2.75, 3.05) is 20.3 Å². The number of ether oxygens (including phenoxy) is 2. The van der Waals surface area contributed by atoms with Crippen LogP contribution in [-0.2, 0) is 4.74 Å². The van der Waals surface area contributed by atoms with E-state index in [9.17, 15) is 4.79 Å². The smallest absolute Gasteiger partial charge is 0.183 e. The number of carbonyl (C=O) groups is 1. The van der Waals surface area contributed by atoms with Crippen LogP contribution in [0.5, 0.6) is 5.75 Å². The Bertz CT molecular complexity index is 490. The lowest BCUT2D eigenvalue weighted by Crippen LogP contribution is -2.52. The molecular formula is C15H21NO3. The molecule has 1 aliphatic heterocycles. The fraction of sp³-hybridized carbons (Fsp3) is 0.533. The molecule has 0 aliphatic carbocycles. The predicted molar refractivity (Wildman–Crippen MR) is 73.8 cm³/mol. The Kier molecular flexibility index (Phi) is 3.92. The zero-order valence-corrected chi connectivity index (χ0v) is 11.8. The van der Waals surface area contributed by atoms with Gasteiger partial charge in [-0.25, -0.2) is 0 Å². The molecule has 2 rings (SSSR count). The highest BCUT2D eigenvalue weighted by Crippen LogP contribution is 2.28. The molecule has 4 heteroatoms. The van der Waals surface area contributed by atoms with Crippen LogP contribution in [0.3, 0.4) is 0 Å². The van der Waals surface area contributed by atoms with Gasteiger partial charge in [0.2, 0.25) is 0 Å². The second kappa shape index (κ2) is 5.31. The quantitative estimate of drug-likeness (QED) is 0.847. The minimum atomic E-state index is -0.788. The SMILES string of the molecule is COc1cc(C)c(C(=O)C2(N)CCOCC2)cc1C. The number of aryl methyl sites for hydroxylation is 2. The average Bonchev–Trinajstić information content (AvgIpc) is 2.41. The van der Waals surface area contributed by atoms with E-state index in [2.05, 4.69) is 0 Å².